The van der Waals surface area contributed by atoms with Gasteiger partial charge in [0.25, 0.3) is 5.91 Å². The van der Waals surface area contributed by atoms with Crippen molar-refractivity contribution in [1.82, 2.24) is 10.6 Å². The summed E-state index contributed by atoms with van der Waals surface area (Å²) < 4.78 is 18.7. The van der Waals surface area contributed by atoms with Crippen LogP contribution in [-0.4, -0.2) is 30.3 Å². The second-order valence-corrected chi connectivity index (χ2v) is 9.14. The summed E-state index contributed by atoms with van der Waals surface area (Å²) in [6, 6.07) is 11.1. The highest BCUT2D eigenvalue weighted by atomic mass is 32.1. The Labute approximate surface area is 200 Å². The Bertz CT molecular complexity index is 1090. The zero-order valence-corrected chi connectivity index (χ0v) is 19.4. The normalized spacial score (nSPS) is 14.9. The van der Waals surface area contributed by atoms with Crippen molar-refractivity contribution in [2.24, 2.45) is 0 Å². The van der Waals surface area contributed by atoms with E-state index in [0.29, 0.717) is 10.6 Å². The van der Waals surface area contributed by atoms with Crippen LogP contribution in [0, 0.1) is 5.82 Å². The first-order chi connectivity index (χ1) is 16.5. The van der Waals surface area contributed by atoms with Crippen LogP contribution in [0.2, 0.25) is 0 Å². The van der Waals surface area contributed by atoms with E-state index >= 15 is 0 Å². The van der Waals surface area contributed by atoms with Crippen molar-refractivity contribution in [3.05, 3.63) is 76.6 Å². The number of hydrogen-bond donors (Lipinski definition) is 2. The number of halogens is 1. The predicted molar refractivity (Wildman–Crippen MR) is 127 cm³/mol. The minimum absolute atomic E-state index is 0.0486. The lowest BCUT2D eigenvalue weighted by Gasteiger charge is -2.32. The predicted octanol–water partition coefficient (Wildman–Crippen LogP) is 4.43. The maximum absolute atomic E-state index is 13.7. The molecule has 4 rings (SSSR count). The monoisotopic (exact) mass is 483 g/mol. The van der Waals surface area contributed by atoms with Crippen molar-refractivity contribution in [3.8, 4) is 0 Å². The van der Waals surface area contributed by atoms with Crippen molar-refractivity contribution in [3.63, 3.8) is 0 Å². The Kier molecular flexibility index (Phi) is 7.74. The molecule has 2 aromatic heterocycles. The molecule has 0 saturated heterocycles. The van der Waals surface area contributed by atoms with Crippen LogP contribution in [0.1, 0.15) is 53.6 Å². The summed E-state index contributed by atoms with van der Waals surface area (Å²) in [5.41, 5.74) is 0.357. The zero-order valence-electron chi connectivity index (χ0n) is 18.5. The van der Waals surface area contributed by atoms with E-state index in [0.717, 1.165) is 32.1 Å². The van der Waals surface area contributed by atoms with E-state index in [1.165, 1.54) is 52.8 Å². The Balaban J connectivity index is 1.62. The molecule has 0 spiro atoms. The number of hydrogen-bond acceptors (Lipinski definition) is 5. The first kappa shape index (κ1) is 23.7. The summed E-state index contributed by atoms with van der Waals surface area (Å²) >= 11 is 1.36. The number of rotatable bonds is 8. The molecular weight excluding hydrogens is 457 g/mol. The summed E-state index contributed by atoms with van der Waals surface area (Å²) in [6.45, 7) is -0.366. The lowest BCUT2D eigenvalue weighted by Crippen LogP contribution is -2.49. The fourth-order valence-corrected chi connectivity index (χ4v) is 4.94. The van der Waals surface area contributed by atoms with Gasteiger partial charge in [-0.15, -0.1) is 11.3 Å². The standard InChI is InChI=1S/C25H26FN3O4S/c26-17-10-12-19(13-11-17)29(22(30)16-27-24(31)20-8-4-14-33-20)23(21-9-5-15-34-21)25(32)28-18-6-2-1-3-7-18/h4-5,8-15,18,23H,1-3,6-7,16H2,(H,27,31)(H,28,32)/t23-/m0/s1. The number of thiophene rings is 1. The Morgan fingerprint density at radius 1 is 1.06 bits per heavy atom. The molecule has 3 amide bonds. The van der Waals surface area contributed by atoms with E-state index in [4.69, 9.17) is 4.42 Å². The van der Waals surface area contributed by atoms with Crippen LogP contribution in [0.5, 0.6) is 0 Å². The van der Waals surface area contributed by atoms with E-state index in [2.05, 4.69) is 10.6 Å². The molecule has 2 N–H and O–H groups in total. The van der Waals surface area contributed by atoms with Gasteiger partial charge in [-0.2, -0.15) is 0 Å². The van der Waals surface area contributed by atoms with Crippen molar-refractivity contribution in [1.29, 1.82) is 0 Å². The van der Waals surface area contributed by atoms with Gasteiger partial charge in [-0.3, -0.25) is 19.3 Å². The third kappa shape index (κ3) is 5.72. The molecule has 9 heteroatoms. The van der Waals surface area contributed by atoms with Crippen LogP contribution >= 0.6 is 11.3 Å². The summed E-state index contributed by atoms with van der Waals surface area (Å²) in [4.78, 5) is 41.3. The molecule has 7 nitrogen and oxygen atoms in total. The van der Waals surface area contributed by atoms with E-state index in [1.807, 2.05) is 11.4 Å². The van der Waals surface area contributed by atoms with Gasteiger partial charge in [0, 0.05) is 16.6 Å². The fourth-order valence-electron chi connectivity index (χ4n) is 4.12. The van der Waals surface area contributed by atoms with Gasteiger partial charge in [-0.25, -0.2) is 4.39 Å². The molecule has 0 unspecified atom stereocenters. The lowest BCUT2D eigenvalue weighted by molar-refractivity contribution is -0.126. The Hall–Kier alpha value is -3.46. The van der Waals surface area contributed by atoms with Crippen molar-refractivity contribution in [2.75, 3.05) is 11.4 Å². The number of amides is 3. The van der Waals surface area contributed by atoms with Gasteiger partial charge in [0.05, 0.1) is 12.8 Å². The van der Waals surface area contributed by atoms with E-state index in [-0.39, 0.29) is 24.3 Å². The molecule has 2 heterocycles. The Morgan fingerprint density at radius 2 is 1.82 bits per heavy atom. The molecule has 1 aliphatic carbocycles. The quantitative estimate of drug-likeness (QED) is 0.496. The first-order valence-electron chi connectivity index (χ1n) is 11.3. The number of carbonyl (C=O) groups excluding carboxylic acids is 3. The van der Waals surface area contributed by atoms with Crippen LogP contribution in [0.25, 0.3) is 0 Å². The fraction of sp³-hybridized carbons (Fsp3) is 0.320. The molecule has 1 aromatic carbocycles. The molecule has 0 aliphatic heterocycles. The van der Waals surface area contributed by atoms with E-state index in [9.17, 15) is 18.8 Å². The first-order valence-corrected chi connectivity index (χ1v) is 12.1. The molecule has 1 fully saturated rings. The second kappa shape index (κ2) is 11.1. The Morgan fingerprint density at radius 3 is 2.47 bits per heavy atom. The SMILES string of the molecule is O=C(NCC(=O)N(c1ccc(F)cc1)[C@H](C(=O)NC1CCCCC1)c1cccs1)c1ccco1. The van der Waals surface area contributed by atoms with Crippen LogP contribution in [0.4, 0.5) is 10.1 Å². The van der Waals surface area contributed by atoms with Gasteiger partial charge in [0.1, 0.15) is 11.9 Å². The molecule has 0 bridgehead atoms. The molecule has 1 saturated carbocycles. The van der Waals surface area contributed by atoms with Crippen molar-refractivity contribution >= 4 is 34.7 Å². The van der Waals surface area contributed by atoms with E-state index in [1.54, 1.807) is 12.1 Å². The van der Waals surface area contributed by atoms with Crippen LogP contribution < -0.4 is 15.5 Å². The number of benzene rings is 1. The minimum atomic E-state index is -0.958. The largest absolute Gasteiger partial charge is 0.459 e. The van der Waals surface area contributed by atoms with Crippen LogP contribution in [0.15, 0.2) is 64.6 Å². The minimum Gasteiger partial charge on any atom is -0.459 e. The topological polar surface area (TPSA) is 91.7 Å². The lowest BCUT2D eigenvalue weighted by atomic mass is 9.95. The van der Waals surface area contributed by atoms with Gasteiger partial charge in [-0.05, 0) is 60.7 Å². The molecule has 1 aliphatic rings. The number of nitrogens with one attached hydrogen (secondary N) is 2. The second-order valence-electron chi connectivity index (χ2n) is 8.16. The third-order valence-corrected chi connectivity index (χ3v) is 6.71. The van der Waals surface area contributed by atoms with Crippen molar-refractivity contribution < 1.29 is 23.2 Å². The summed E-state index contributed by atoms with van der Waals surface area (Å²) in [7, 11) is 0. The average molecular weight is 484 g/mol. The highest BCUT2D eigenvalue weighted by Crippen LogP contribution is 2.31. The van der Waals surface area contributed by atoms with Crippen LogP contribution in [0.3, 0.4) is 0 Å². The maximum atomic E-state index is 13.7. The van der Waals surface area contributed by atoms with Crippen LogP contribution in [-0.2, 0) is 9.59 Å². The third-order valence-electron chi connectivity index (χ3n) is 5.79. The number of nitrogens with zero attached hydrogens (tertiary/aromatic N) is 1. The number of anilines is 1. The maximum Gasteiger partial charge on any atom is 0.287 e. The molecule has 3 aromatic rings. The molecule has 34 heavy (non-hydrogen) atoms. The smallest absolute Gasteiger partial charge is 0.287 e. The summed E-state index contributed by atoms with van der Waals surface area (Å²) in [5.74, 6) is -1.74. The highest BCUT2D eigenvalue weighted by molar-refractivity contribution is 7.10. The van der Waals surface area contributed by atoms with Gasteiger partial charge in [-0.1, -0.05) is 25.3 Å². The molecule has 178 valence electrons. The molecular formula is C25H26FN3O4S. The zero-order chi connectivity index (χ0) is 23.9. The number of furan rings is 1. The average Bonchev–Trinajstić information content (AvgIpc) is 3.57. The molecule has 1 atom stereocenters. The number of carbonyl (C=O) groups is 3. The van der Waals surface area contributed by atoms with Gasteiger partial charge in [0.2, 0.25) is 11.8 Å². The highest BCUT2D eigenvalue weighted by Gasteiger charge is 2.35. The van der Waals surface area contributed by atoms with E-state index < -0.39 is 23.7 Å². The van der Waals surface area contributed by atoms with Gasteiger partial charge < -0.3 is 15.1 Å². The van der Waals surface area contributed by atoms with Crippen molar-refractivity contribution in [2.45, 2.75) is 44.2 Å². The molecule has 0 radical (unpaired) electrons. The van der Waals surface area contributed by atoms with Gasteiger partial charge in [0.15, 0.2) is 5.76 Å². The van der Waals surface area contributed by atoms with Gasteiger partial charge >= 0.3 is 0 Å². The summed E-state index contributed by atoms with van der Waals surface area (Å²) in [5, 5.41) is 7.48. The summed E-state index contributed by atoms with van der Waals surface area (Å²) in [6.07, 6.45) is 6.40.